The SMILES string of the molecule is CC1=C(C(=O)Nc2ccccc2C)[C@@H](c2c(F)cccc2F)NC(=O)N1. The van der Waals surface area contributed by atoms with Crippen LogP contribution in [0.25, 0.3) is 0 Å². The van der Waals surface area contributed by atoms with Crippen molar-refractivity contribution in [1.82, 2.24) is 10.6 Å². The molecule has 1 aliphatic heterocycles. The van der Waals surface area contributed by atoms with Gasteiger partial charge in [0.05, 0.1) is 17.2 Å². The lowest BCUT2D eigenvalue weighted by Crippen LogP contribution is -2.46. The first-order chi connectivity index (χ1) is 12.4. The van der Waals surface area contributed by atoms with Gasteiger partial charge in [0.1, 0.15) is 11.6 Å². The average molecular weight is 357 g/mol. The van der Waals surface area contributed by atoms with Crippen molar-refractivity contribution in [3.8, 4) is 0 Å². The number of hydrogen-bond acceptors (Lipinski definition) is 2. The molecule has 0 aliphatic carbocycles. The molecule has 2 aromatic rings. The Balaban J connectivity index is 2.04. The Morgan fingerprint density at radius 1 is 1.04 bits per heavy atom. The standard InChI is InChI=1S/C19H17F2N3O2/c1-10-6-3-4-9-14(10)23-18(25)15-11(2)22-19(26)24-17(15)16-12(20)7-5-8-13(16)21/h3-9,17H,1-2H3,(H,23,25)(H2,22,24,26)/t17-/m0/s1. The fourth-order valence-electron chi connectivity index (χ4n) is 2.90. The van der Waals surface area contributed by atoms with E-state index in [1.165, 1.54) is 13.0 Å². The summed E-state index contributed by atoms with van der Waals surface area (Å²) in [6.07, 6.45) is 0. The van der Waals surface area contributed by atoms with E-state index in [-0.39, 0.29) is 16.8 Å². The van der Waals surface area contributed by atoms with Gasteiger partial charge in [-0.25, -0.2) is 13.6 Å². The van der Waals surface area contributed by atoms with Gasteiger partial charge in [0, 0.05) is 11.4 Å². The zero-order valence-electron chi connectivity index (χ0n) is 14.2. The predicted octanol–water partition coefficient (Wildman–Crippen LogP) is 3.54. The van der Waals surface area contributed by atoms with Gasteiger partial charge in [0.15, 0.2) is 0 Å². The van der Waals surface area contributed by atoms with Gasteiger partial charge in [0.2, 0.25) is 0 Å². The molecule has 3 amide bonds. The van der Waals surface area contributed by atoms with Gasteiger partial charge in [-0.05, 0) is 37.6 Å². The van der Waals surface area contributed by atoms with Crippen LogP contribution in [0.1, 0.15) is 24.1 Å². The third-order valence-corrected chi connectivity index (χ3v) is 4.20. The number of halogens is 2. The molecule has 0 aromatic heterocycles. The Morgan fingerprint density at radius 3 is 2.35 bits per heavy atom. The van der Waals surface area contributed by atoms with E-state index in [2.05, 4.69) is 16.0 Å². The summed E-state index contributed by atoms with van der Waals surface area (Å²) in [5.74, 6) is -2.24. The topological polar surface area (TPSA) is 70.2 Å². The maximum atomic E-state index is 14.3. The molecule has 1 atom stereocenters. The molecular formula is C19H17F2N3O2. The number of rotatable bonds is 3. The Hall–Kier alpha value is -3.22. The molecule has 3 N–H and O–H groups in total. The zero-order valence-corrected chi connectivity index (χ0v) is 14.2. The van der Waals surface area contributed by atoms with Crippen LogP contribution in [0.2, 0.25) is 0 Å². The number of urea groups is 1. The maximum Gasteiger partial charge on any atom is 0.319 e. The number of nitrogens with one attached hydrogen (secondary N) is 3. The van der Waals surface area contributed by atoms with E-state index in [0.29, 0.717) is 5.69 Å². The molecule has 0 saturated carbocycles. The highest BCUT2D eigenvalue weighted by molar-refractivity contribution is 6.07. The van der Waals surface area contributed by atoms with Gasteiger partial charge in [0.25, 0.3) is 5.91 Å². The molecule has 5 nitrogen and oxygen atoms in total. The summed E-state index contributed by atoms with van der Waals surface area (Å²) in [4.78, 5) is 24.7. The molecular weight excluding hydrogens is 340 g/mol. The van der Waals surface area contributed by atoms with E-state index in [1.807, 2.05) is 19.1 Å². The molecule has 2 aromatic carbocycles. The number of carbonyl (C=O) groups is 2. The number of allylic oxidation sites excluding steroid dienone is 1. The Kier molecular flexibility index (Phi) is 4.71. The largest absolute Gasteiger partial charge is 0.326 e. The van der Waals surface area contributed by atoms with Crippen LogP contribution in [0.15, 0.2) is 53.7 Å². The molecule has 0 bridgehead atoms. The first-order valence-electron chi connectivity index (χ1n) is 7.97. The van der Waals surface area contributed by atoms with Gasteiger partial charge in [-0.1, -0.05) is 24.3 Å². The van der Waals surface area contributed by atoms with Crippen LogP contribution in [0.5, 0.6) is 0 Å². The molecule has 1 aliphatic rings. The van der Waals surface area contributed by atoms with Gasteiger partial charge in [-0.3, -0.25) is 4.79 Å². The normalized spacial score (nSPS) is 16.8. The molecule has 7 heteroatoms. The van der Waals surface area contributed by atoms with E-state index < -0.39 is 29.6 Å². The van der Waals surface area contributed by atoms with Crippen molar-refractivity contribution >= 4 is 17.6 Å². The maximum absolute atomic E-state index is 14.3. The van der Waals surface area contributed by atoms with Crippen molar-refractivity contribution in [2.24, 2.45) is 0 Å². The van der Waals surface area contributed by atoms with Crippen LogP contribution in [0, 0.1) is 18.6 Å². The monoisotopic (exact) mass is 357 g/mol. The quantitative estimate of drug-likeness (QED) is 0.786. The zero-order chi connectivity index (χ0) is 18.8. The molecule has 0 fully saturated rings. The number of anilines is 1. The lowest BCUT2D eigenvalue weighted by atomic mass is 9.94. The fourth-order valence-corrected chi connectivity index (χ4v) is 2.90. The van der Waals surface area contributed by atoms with Crippen molar-refractivity contribution in [3.63, 3.8) is 0 Å². The van der Waals surface area contributed by atoms with Gasteiger partial charge >= 0.3 is 6.03 Å². The second-order valence-electron chi connectivity index (χ2n) is 5.97. The summed E-state index contributed by atoms with van der Waals surface area (Å²) in [5, 5.41) is 7.63. The first kappa shape index (κ1) is 17.6. The van der Waals surface area contributed by atoms with E-state index in [4.69, 9.17) is 0 Å². The Morgan fingerprint density at radius 2 is 1.69 bits per heavy atom. The van der Waals surface area contributed by atoms with Crippen molar-refractivity contribution in [2.75, 3.05) is 5.32 Å². The molecule has 1 heterocycles. The van der Waals surface area contributed by atoms with Crippen molar-refractivity contribution in [3.05, 3.63) is 76.5 Å². The highest BCUT2D eigenvalue weighted by atomic mass is 19.1. The molecule has 3 rings (SSSR count). The summed E-state index contributed by atoms with van der Waals surface area (Å²) in [5.41, 5.74) is 1.30. The van der Waals surface area contributed by atoms with Crippen LogP contribution in [0.3, 0.4) is 0 Å². The summed E-state index contributed by atoms with van der Waals surface area (Å²) in [7, 11) is 0. The van der Waals surface area contributed by atoms with Crippen LogP contribution < -0.4 is 16.0 Å². The summed E-state index contributed by atoms with van der Waals surface area (Å²) in [6, 6.07) is 8.64. The number of carbonyl (C=O) groups excluding carboxylic acids is 2. The molecule has 26 heavy (non-hydrogen) atoms. The van der Waals surface area contributed by atoms with Crippen molar-refractivity contribution in [1.29, 1.82) is 0 Å². The molecule has 0 saturated heterocycles. The minimum atomic E-state index is -1.24. The van der Waals surface area contributed by atoms with Gasteiger partial charge in [-0.2, -0.15) is 0 Å². The van der Waals surface area contributed by atoms with E-state index in [9.17, 15) is 18.4 Å². The number of benzene rings is 2. The molecule has 0 spiro atoms. The Bertz CT molecular complexity index is 905. The molecule has 134 valence electrons. The van der Waals surface area contributed by atoms with E-state index in [0.717, 1.165) is 17.7 Å². The highest BCUT2D eigenvalue weighted by Gasteiger charge is 2.34. The Labute approximate surface area is 149 Å². The van der Waals surface area contributed by atoms with Crippen LogP contribution in [0.4, 0.5) is 19.3 Å². The summed E-state index contributed by atoms with van der Waals surface area (Å²) >= 11 is 0. The number of amides is 3. The number of hydrogen-bond donors (Lipinski definition) is 3. The fraction of sp³-hybridized carbons (Fsp3) is 0.158. The average Bonchev–Trinajstić information content (AvgIpc) is 2.56. The predicted molar refractivity (Wildman–Crippen MR) is 93.3 cm³/mol. The second kappa shape index (κ2) is 6.95. The third-order valence-electron chi connectivity index (χ3n) is 4.20. The van der Waals surface area contributed by atoms with Crippen molar-refractivity contribution < 1.29 is 18.4 Å². The first-order valence-corrected chi connectivity index (χ1v) is 7.97. The van der Waals surface area contributed by atoms with Gasteiger partial charge < -0.3 is 16.0 Å². The van der Waals surface area contributed by atoms with Gasteiger partial charge in [-0.15, -0.1) is 0 Å². The lowest BCUT2D eigenvalue weighted by Gasteiger charge is -2.29. The molecule has 0 radical (unpaired) electrons. The van der Waals surface area contributed by atoms with Crippen molar-refractivity contribution in [2.45, 2.75) is 19.9 Å². The van der Waals surface area contributed by atoms with E-state index >= 15 is 0 Å². The summed E-state index contributed by atoms with van der Waals surface area (Å²) < 4.78 is 28.5. The van der Waals surface area contributed by atoms with Crippen LogP contribution >= 0.6 is 0 Å². The second-order valence-corrected chi connectivity index (χ2v) is 5.97. The minimum absolute atomic E-state index is 0.0388. The highest BCUT2D eigenvalue weighted by Crippen LogP contribution is 2.31. The third kappa shape index (κ3) is 3.28. The van der Waals surface area contributed by atoms with Crippen LogP contribution in [-0.4, -0.2) is 11.9 Å². The smallest absolute Gasteiger partial charge is 0.319 e. The summed E-state index contributed by atoms with van der Waals surface area (Å²) in [6.45, 7) is 3.34. The molecule has 0 unspecified atom stereocenters. The number of para-hydroxylation sites is 1. The lowest BCUT2D eigenvalue weighted by molar-refractivity contribution is -0.113. The number of aryl methyl sites for hydroxylation is 1. The minimum Gasteiger partial charge on any atom is -0.326 e. The van der Waals surface area contributed by atoms with E-state index in [1.54, 1.807) is 12.1 Å². The van der Waals surface area contributed by atoms with Crippen LogP contribution in [-0.2, 0) is 4.79 Å².